The van der Waals surface area contributed by atoms with Gasteiger partial charge in [-0.15, -0.1) is 11.8 Å². The number of hydrogen-bond acceptors (Lipinski definition) is 3. The molecule has 116 valence electrons. The highest BCUT2D eigenvalue weighted by atomic mass is 32.2. The lowest BCUT2D eigenvalue weighted by Crippen LogP contribution is -2.13. The van der Waals surface area contributed by atoms with Crippen LogP contribution in [0.5, 0.6) is 0 Å². The van der Waals surface area contributed by atoms with E-state index in [1.165, 1.54) is 10.5 Å². The summed E-state index contributed by atoms with van der Waals surface area (Å²) < 4.78 is 0. The van der Waals surface area contributed by atoms with E-state index in [2.05, 4.69) is 52.1 Å². The summed E-state index contributed by atoms with van der Waals surface area (Å²) in [6.45, 7) is 0. The number of thioether (sulfide) groups is 1. The van der Waals surface area contributed by atoms with Gasteiger partial charge in [0.2, 0.25) is 5.91 Å². The molecule has 0 saturated heterocycles. The summed E-state index contributed by atoms with van der Waals surface area (Å²) in [5.74, 6) is 0.881. The van der Waals surface area contributed by atoms with E-state index in [0.717, 1.165) is 29.3 Å². The van der Waals surface area contributed by atoms with Gasteiger partial charge in [0.25, 0.3) is 0 Å². The van der Waals surface area contributed by atoms with Gasteiger partial charge >= 0.3 is 0 Å². The summed E-state index contributed by atoms with van der Waals surface area (Å²) in [5, 5.41) is 11.2. The number of H-pyrrole nitrogens is 1. The SMILES string of the molecule is CSc1ccccc1-c1ccc2c(NC(=O)C3CC3)n[nH]c2c1. The summed E-state index contributed by atoms with van der Waals surface area (Å²) >= 11 is 1.74. The van der Waals surface area contributed by atoms with Crippen molar-refractivity contribution in [1.82, 2.24) is 10.2 Å². The van der Waals surface area contributed by atoms with Crippen LogP contribution in [-0.4, -0.2) is 22.4 Å². The van der Waals surface area contributed by atoms with E-state index in [0.29, 0.717) is 5.82 Å². The highest BCUT2D eigenvalue weighted by molar-refractivity contribution is 7.98. The van der Waals surface area contributed by atoms with Gasteiger partial charge in [-0.3, -0.25) is 9.89 Å². The molecule has 0 unspecified atom stereocenters. The number of amides is 1. The van der Waals surface area contributed by atoms with Crippen LogP contribution in [0.1, 0.15) is 12.8 Å². The van der Waals surface area contributed by atoms with Crippen molar-refractivity contribution in [3.05, 3.63) is 42.5 Å². The van der Waals surface area contributed by atoms with Crippen molar-refractivity contribution in [1.29, 1.82) is 0 Å². The molecule has 2 aromatic carbocycles. The number of nitrogens with zero attached hydrogens (tertiary/aromatic N) is 1. The molecule has 1 aromatic heterocycles. The van der Waals surface area contributed by atoms with Gasteiger partial charge in [-0.25, -0.2) is 0 Å². The Labute approximate surface area is 138 Å². The van der Waals surface area contributed by atoms with E-state index >= 15 is 0 Å². The first-order valence-electron chi connectivity index (χ1n) is 7.68. The van der Waals surface area contributed by atoms with E-state index < -0.39 is 0 Å². The second kappa shape index (κ2) is 5.74. The molecule has 2 N–H and O–H groups in total. The van der Waals surface area contributed by atoms with Crippen LogP contribution in [0.15, 0.2) is 47.4 Å². The number of nitrogens with one attached hydrogen (secondary N) is 2. The van der Waals surface area contributed by atoms with Crippen molar-refractivity contribution >= 4 is 34.4 Å². The third-order valence-electron chi connectivity index (χ3n) is 4.17. The molecule has 3 aromatic rings. The van der Waals surface area contributed by atoms with Crippen molar-refractivity contribution in [3.8, 4) is 11.1 Å². The smallest absolute Gasteiger partial charge is 0.228 e. The van der Waals surface area contributed by atoms with Gasteiger partial charge in [0, 0.05) is 16.2 Å². The molecule has 1 saturated carbocycles. The molecule has 5 heteroatoms. The Morgan fingerprint density at radius 1 is 1.26 bits per heavy atom. The molecule has 1 amide bonds. The molecule has 0 aliphatic heterocycles. The van der Waals surface area contributed by atoms with E-state index in [1.807, 2.05) is 12.1 Å². The van der Waals surface area contributed by atoms with Gasteiger partial charge in [0.1, 0.15) is 0 Å². The average molecular weight is 323 g/mol. The quantitative estimate of drug-likeness (QED) is 0.704. The number of aromatic amines is 1. The van der Waals surface area contributed by atoms with Crippen molar-refractivity contribution in [3.63, 3.8) is 0 Å². The highest BCUT2D eigenvalue weighted by Gasteiger charge is 2.30. The predicted octanol–water partition coefficient (Wildman–Crippen LogP) is 4.30. The number of hydrogen-bond donors (Lipinski definition) is 2. The Morgan fingerprint density at radius 3 is 2.87 bits per heavy atom. The summed E-state index contributed by atoms with van der Waals surface area (Å²) in [4.78, 5) is 13.2. The van der Waals surface area contributed by atoms with Crippen LogP contribution in [0.25, 0.3) is 22.0 Å². The zero-order valence-electron chi connectivity index (χ0n) is 12.8. The maximum absolute atomic E-state index is 11.9. The first-order chi connectivity index (χ1) is 11.3. The van der Waals surface area contributed by atoms with Crippen molar-refractivity contribution in [2.75, 3.05) is 11.6 Å². The highest BCUT2D eigenvalue weighted by Crippen LogP contribution is 2.34. The lowest BCUT2D eigenvalue weighted by atomic mass is 10.0. The minimum Gasteiger partial charge on any atom is -0.308 e. The Kier molecular flexibility index (Phi) is 3.58. The van der Waals surface area contributed by atoms with Gasteiger partial charge in [-0.2, -0.15) is 5.10 Å². The van der Waals surface area contributed by atoms with Crippen molar-refractivity contribution in [2.24, 2.45) is 5.92 Å². The minimum atomic E-state index is 0.0789. The van der Waals surface area contributed by atoms with Crippen LogP contribution in [0, 0.1) is 5.92 Å². The van der Waals surface area contributed by atoms with E-state index in [-0.39, 0.29) is 11.8 Å². The molecule has 0 atom stereocenters. The summed E-state index contributed by atoms with van der Waals surface area (Å²) in [6.07, 6.45) is 4.06. The van der Waals surface area contributed by atoms with Gasteiger partial charge in [-0.05, 0) is 48.4 Å². The summed E-state index contributed by atoms with van der Waals surface area (Å²) in [7, 11) is 0. The third kappa shape index (κ3) is 2.72. The number of rotatable bonds is 4. The Hall–Kier alpha value is -2.27. The first kappa shape index (κ1) is 14.3. The van der Waals surface area contributed by atoms with Gasteiger partial charge in [0.15, 0.2) is 5.82 Å². The zero-order chi connectivity index (χ0) is 15.8. The molecule has 1 fully saturated rings. The maximum atomic E-state index is 11.9. The molecule has 0 spiro atoms. The number of benzene rings is 2. The number of carbonyl (C=O) groups is 1. The van der Waals surface area contributed by atoms with E-state index in [4.69, 9.17) is 0 Å². The topological polar surface area (TPSA) is 57.8 Å². The number of fused-ring (bicyclic) bond motifs is 1. The number of aromatic nitrogens is 2. The average Bonchev–Trinajstić information content (AvgIpc) is 3.37. The molecule has 1 aliphatic rings. The Morgan fingerprint density at radius 2 is 2.09 bits per heavy atom. The largest absolute Gasteiger partial charge is 0.308 e. The molecule has 0 radical (unpaired) electrons. The molecule has 23 heavy (non-hydrogen) atoms. The van der Waals surface area contributed by atoms with Crippen LogP contribution in [0.4, 0.5) is 5.82 Å². The summed E-state index contributed by atoms with van der Waals surface area (Å²) in [6, 6.07) is 14.5. The van der Waals surface area contributed by atoms with Crippen LogP contribution in [0.3, 0.4) is 0 Å². The molecular formula is C18H17N3OS. The fraction of sp³-hybridized carbons (Fsp3) is 0.222. The lowest BCUT2D eigenvalue weighted by molar-refractivity contribution is -0.117. The fourth-order valence-electron chi connectivity index (χ4n) is 2.73. The second-order valence-corrected chi connectivity index (χ2v) is 6.64. The van der Waals surface area contributed by atoms with Crippen LogP contribution in [0.2, 0.25) is 0 Å². The molecule has 4 nitrogen and oxygen atoms in total. The van der Waals surface area contributed by atoms with Crippen LogP contribution < -0.4 is 5.32 Å². The standard InChI is InChI=1S/C18H17N3OS/c1-23-16-5-3-2-4-13(16)12-8-9-14-15(10-12)20-21-17(14)19-18(22)11-6-7-11/h2-5,8-11H,6-7H2,1H3,(H2,19,20,21,22). The fourth-order valence-corrected chi connectivity index (χ4v) is 3.35. The Balaban J connectivity index is 1.70. The molecule has 0 bridgehead atoms. The predicted molar refractivity (Wildman–Crippen MR) is 94.7 cm³/mol. The van der Waals surface area contributed by atoms with Crippen LogP contribution >= 0.6 is 11.8 Å². The lowest BCUT2D eigenvalue weighted by Gasteiger charge is -2.07. The van der Waals surface area contributed by atoms with E-state index in [1.54, 1.807) is 11.8 Å². The van der Waals surface area contributed by atoms with Crippen LogP contribution in [-0.2, 0) is 4.79 Å². The van der Waals surface area contributed by atoms with Crippen molar-refractivity contribution < 1.29 is 4.79 Å². The van der Waals surface area contributed by atoms with Gasteiger partial charge in [0.05, 0.1) is 5.52 Å². The number of carbonyl (C=O) groups excluding carboxylic acids is 1. The molecule has 1 aliphatic carbocycles. The molecule has 1 heterocycles. The number of anilines is 1. The maximum Gasteiger partial charge on any atom is 0.228 e. The van der Waals surface area contributed by atoms with Crippen molar-refractivity contribution in [2.45, 2.75) is 17.7 Å². The molecular weight excluding hydrogens is 306 g/mol. The minimum absolute atomic E-state index is 0.0789. The third-order valence-corrected chi connectivity index (χ3v) is 4.97. The first-order valence-corrected chi connectivity index (χ1v) is 8.91. The van der Waals surface area contributed by atoms with E-state index in [9.17, 15) is 4.79 Å². The zero-order valence-corrected chi connectivity index (χ0v) is 13.6. The van der Waals surface area contributed by atoms with Gasteiger partial charge < -0.3 is 5.32 Å². The molecule has 4 rings (SSSR count). The summed E-state index contributed by atoms with van der Waals surface area (Å²) in [5.41, 5.74) is 3.29. The monoisotopic (exact) mass is 323 g/mol. The second-order valence-electron chi connectivity index (χ2n) is 5.80. The normalized spacial score (nSPS) is 14.1. The van der Waals surface area contributed by atoms with Gasteiger partial charge in [-0.1, -0.05) is 24.3 Å². The Bertz CT molecular complexity index is 883.